The first kappa shape index (κ1) is 11.9. The van der Waals surface area contributed by atoms with Crippen LogP contribution in [0.3, 0.4) is 0 Å². The minimum Gasteiger partial charge on any atom is -0.325 e. The van der Waals surface area contributed by atoms with Gasteiger partial charge in [0.15, 0.2) is 5.69 Å². The van der Waals surface area contributed by atoms with Gasteiger partial charge in [0.2, 0.25) is 0 Å². The first-order chi connectivity index (χ1) is 6.97. The average Bonchev–Trinajstić information content (AvgIpc) is 2.16. The molecule has 1 aromatic heterocycles. The highest BCUT2D eigenvalue weighted by molar-refractivity contribution is 9.10. The van der Waals surface area contributed by atoms with Gasteiger partial charge in [-0.05, 0) is 15.9 Å². The van der Waals surface area contributed by atoms with Crippen molar-refractivity contribution in [3.05, 3.63) is 32.0 Å². The molecular weight excluding hydrogens is 276 g/mol. The number of hydrogen-bond acceptors (Lipinski definition) is 4. The van der Waals surface area contributed by atoms with Crippen molar-refractivity contribution in [2.45, 2.75) is 13.0 Å². The Hall–Kier alpha value is -1.15. The molecule has 0 spiro atoms. The lowest BCUT2D eigenvalue weighted by Gasteiger charge is -2.05. The summed E-state index contributed by atoms with van der Waals surface area (Å²) in [6.07, 6.45) is -3.00. The molecule has 0 amide bonds. The maximum Gasteiger partial charge on any atom is 0.297 e. The lowest BCUT2D eigenvalue weighted by Crippen LogP contribution is -2.06. The molecule has 1 rings (SSSR count). The summed E-state index contributed by atoms with van der Waals surface area (Å²) in [4.78, 5) is 13.0. The summed E-state index contributed by atoms with van der Waals surface area (Å²) in [6.45, 7) is -0.0711. The monoisotopic (exact) mass is 281 g/mol. The van der Waals surface area contributed by atoms with Crippen molar-refractivity contribution in [1.29, 1.82) is 0 Å². The fourth-order valence-electron chi connectivity index (χ4n) is 0.983. The van der Waals surface area contributed by atoms with Crippen molar-refractivity contribution in [2.75, 3.05) is 0 Å². The van der Waals surface area contributed by atoms with Crippen LogP contribution < -0.4 is 5.73 Å². The highest BCUT2D eigenvalue weighted by Gasteiger charge is 2.25. The zero-order valence-electron chi connectivity index (χ0n) is 7.28. The van der Waals surface area contributed by atoms with Crippen LogP contribution in [-0.4, -0.2) is 9.91 Å². The number of nitrogens with zero attached hydrogens (tertiary/aromatic N) is 2. The third-order valence-electron chi connectivity index (χ3n) is 1.65. The van der Waals surface area contributed by atoms with Crippen molar-refractivity contribution in [3.63, 3.8) is 0 Å². The van der Waals surface area contributed by atoms with E-state index in [-0.39, 0.29) is 16.7 Å². The summed E-state index contributed by atoms with van der Waals surface area (Å²) in [6, 6.07) is 0.983. The van der Waals surface area contributed by atoms with Gasteiger partial charge in [0.05, 0.1) is 10.6 Å². The minimum absolute atomic E-state index is 0.0711. The van der Waals surface area contributed by atoms with Gasteiger partial charge in [-0.2, -0.15) is 0 Å². The summed E-state index contributed by atoms with van der Waals surface area (Å²) in [5.74, 6) is 0. The highest BCUT2D eigenvalue weighted by Crippen LogP contribution is 2.30. The van der Waals surface area contributed by atoms with Crippen molar-refractivity contribution >= 4 is 21.6 Å². The predicted octanol–water partition coefficient (Wildman–Crippen LogP) is 2.15. The molecule has 82 valence electrons. The molecule has 0 aliphatic rings. The molecule has 1 aromatic rings. The number of pyridine rings is 1. The van der Waals surface area contributed by atoms with Gasteiger partial charge in [0, 0.05) is 17.1 Å². The molecular formula is C7H6BrF2N3O2. The Morgan fingerprint density at radius 1 is 1.67 bits per heavy atom. The Balaban J connectivity index is 3.38. The summed E-state index contributed by atoms with van der Waals surface area (Å²) in [5.41, 5.74) is 3.83. The highest BCUT2D eigenvalue weighted by atomic mass is 79.9. The second-order valence-corrected chi connectivity index (χ2v) is 3.44. The van der Waals surface area contributed by atoms with Crippen LogP contribution in [-0.2, 0) is 6.54 Å². The lowest BCUT2D eigenvalue weighted by atomic mass is 10.2. The predicted molar refractivity (Wildman–Crippen MR) is 51.4 cm³/mol. The van der Waals surface area contributed by atoms with Crippen LogP contribution in [0.25, 0.3) is 0 Å². The van der Waals surface area contributed by atoms with E-state index in [4.69, 9.17) is 5.73 Å². The van der Waals surface area contributed by atoms with E-state index < -0.39 is 22.7 Å². The molecule has 0 fully saturated rings. The standard InChI is InChI=1S/C7H6BrF2N3O2/c8-3-1-5(13(14)15)6(7(9)10)12-4(3)2-11/h1,7H,2,11H2. The number of hydrogen-bond donors (Lipinski definition) is 1. The summed E-state index contributed by atoms with van der Waals surface area (Å²) >= 11 is 2.97. The van der Waals surface area contributed by atoms with Crippen molar-refractivity contribution in [3.8, 4) is 0 Å². The van der Waals surface area contributed by atoms with E-state index in [9.17, 15) is 18.9 Å². The van der Waals surface area contributed by atoms with Crippen LogP contribution in [0.2, 0.25) is 0 Å². The molecule has 1 heterocycles. The molecule has 0 unspecified atom stereocenters. The molecule has 0 aliphatic heterocycles. The van der Waals surface area contributed by atoms with Gasteiger partial charge in [-0.25, -0.2) is 13.8 Å². The van der Waals surface area contributed by atoms with Crippen molar-refractivity contribution in [1.82, 2.24) is 4.98 Å². The van der Waals surface area contributed by atoms with E-state index in [2.05, 4.69) is 20.9 Å². The Kier molecular flexibility index (Phi) is 3.64. The van der Waals surface area contributed by atoms with Crippen LogP contribution >= 0.6 is 15.9 Å². The van der Waals surface area contributed by atoms with E-state index in [0.717, 1.165) is 6.07 Å². The van der Waals surface area contributed by atoms with Gasteiger partial charge in [-0.3, -0.25) is 10.1 Å². The molecule has 0 saturated heterocycles. The number of alkyl halides is 2. The molecule has 5 nitrogen and oxygen atoms in total. The SMILES string of the molecule is NCc1nc(C(F)F)c([N+](=O)[O-])cc1Br. The Bertz CT molecular complexity index is 400. The van der Waals surface area contributed by atoms with E-state index in [1.54, 1.807) is 0 Å². The van der Waals surface area contributed by atoms with E-state index in [1.807, 2.05) is 0 Å². The lowest BCUT2D eigenvalue weighted by molar-refractivity contribution is -0.386. The molecule has 15 heavy (non-hydrogen) atoms. The zero-order chi connectivity index (χ0) is 11.6. The zero-order valence-corrected chi connectivity index (χ0v) is 8.87. The fourth-order valence-corrected chi connectivity index (χ4v) is 1.45. The van der Waals surface area contributed by atoms with Crippen LogP contribution in [0, 0.1) is 10.1 Å². The van der Waals surface area contributed by atoms with Gasteiger partial charge in [0.25, 0.3) is 12.1 Å². The summed E-state index contributed by atoms with van der Waals surface area (Å²) in [5, 5.41) is 10.5. The third-order valence-corrected chi connectivity index (χ3v) is 2.34. The average molecular weight is 282 g/mol. The van der Waals surface area contributed by atoms with Crippen LogP contribution in [0.5, 0.6) is 0 Å². The molecule has 0 aliphatic carbocycles. The second kappa shape index (κ2) is 4.58. The fraction of sp³-hybridized carbons (Fsp3) is 0.286. The van der Waals surface area contributed by atoms with Crippen LogP contribution in [0.4, 0.5) is 14.5 Å². The quantitative estimate of drug-likeness (QED) is 0.680. The van der Waals surface area contributed by atoms with E-state index >= 15 is 0 Å². The van der Waals surface area contributed by atoms with Crippen molar-refractivity contribution in [2.24, 2.45) is 5.73 Å². The molecule has 8 heteroatoms. The molecule has 0 aromatic carbocycles. The van der Waals surface area contributed by atoms with Crippen molar-refractivity contribution < 1.29 is 13.7 Å². The number of nitro groups is 1. The number of nitrogens with two attached hydrogens (primary N) is 1. The van der Waals surface area contributed by atoms with Gasteiger partial charge >= 0.3 is 0 Å². The molecule has 0 saturated carbocycles. The summed E-state index contributed by atoms with van der Waals surface area (Å²) in [7, 11) is 0. The van der Waals surface area contributed by atoms with E-state index in [0.29, 0.717) is 0 Å². The Morgan fingerprint density at radius 2 is 2.27 bits per heavy atom. The molecule has 0 atom stereocenters. The van der Waals surface area contributed by atoms with E-state index in [1.165, 1.54) is 0 Å². The maximum absolute atomic E-state index is 12.4. The maximum atomic E-state index is 12.4. The minimum atomic E-state index is -3.00. The van der Waals surface area contributed by atoms with Gasteiger partial charge in [-0.15, -0.1) is 0 Å². The first-order valence-corrected chi connectivity index (χ1v) is 4.58. The van der Waals surface area contributed by atoms with Gasteiger partial charge in [0.1, 0.15) is 0 Å². The normalized spacial score (nSPS) is 10.7. The number of aromatic nitrogens is 1. The Morgan fingerprint density at radius 3 is 2.67 bits per heavy atom. The smallest absolute Gasteiger partial charge is 0.297 e. The Labute approximate surface area is 91.6 Å². The third kappa shape index (κ3) is 2.45. The van der Waals surface area contributed by atoms with Gasteiger partial charge in [-0.1, -0.05) is 0 Å². The molecule has 0 radical (unpaired) electrons. The number of rotatable bonds is 3. The van der Waals surface area contributed by atoms with Crippen LogP contribution in [0.15, 0.2) is 10.5 Å². The second-order valence-electron chi connectivity index (χ2n) is 2.58. The number of halogens is 3. The topological polar surface area (TPSA) is 82.0 Å². The van der Waals surface area contributed by atoms with Gasteiger partial charge < -0.3 is 5.73 Å². The molecule has 0 bridgehead atoms. The van der Waals surface area contributed by atoms with Crippen LogP contribution in [0.1, 0.15) is 17.8 Å². The largest absolute Gasteiger partial charge is 0.325 e. The summed E-state index contributed by atoms with van der Waals surface area (Å²) < 4.78 is 25.1. The molecule has 2 N–H and O–H groups in total. The first-order valence-electron chi connectivity index (χ1n) is 3.79.